The molecule has 1 saturated heterocycles. The lowest BCUT2D eigenvalue weighted by Gasteiger charge is -2.40. The summed E-state index contributed by atoms with van der Waals surface area (Å²) in [5.41, 5.74) is 6.32. The van der Waals surface area contributed by atoms with E-state index in [4.69, 9.17) is 10.3 Å². The molecule has 0 radical (unpaired) electrons. The number of nitrogens with two attached hydrogens (primary N) is 1. The van der Waals surface area contributed by atoms with Gasteiger partial charge in [0.05, 0.1) is 0 Å². The van der Waals surface area contributed by atoms with Crippen molar-refractivity contribution >= 4 is 11.8 Å². The van der Waals surface area contributed by atoms with Gasteiger partial charge in [-0.15, -0.1) is 0 Å². The third kappa shape index (κ3) is 4.18. The molecular formula is C20H30N4O3. The van der Waals surface area contributed by atoms with Crippen LogP contribution in [0.1, 0.15) is 80.5 Å². The highest BCUT2D eigenvalue weighted by Crippen LogP contribution is 2.40. The minimum Gasteiger partial charge on any atom is -0.360 e. The lowest BCUT2D eigenvalue weighted by molar-refractivity contribution is -0.140. The number of hydrogen-bond acceptors (Lipinski definition) is 5. The Morgan fingerprint density at radius 3 is 2.59 bits per heavy atom. The maximum Gasteiger partial charge on any atom is 0.273 e. The molecule has 2 heterocycles. The standard InChI is InChI=1S/C20H30N4O3/c1-12-10-16(22-19(25)17-11-18(27-23-17)13-2-3-13)8-9-24(12)20(26)14-4-6-15(21)7-5-14/h11-16H,2-10,21H2,1H3,(H,22,25)/t12-,14-,15-,16+/m0/s1. The Kier molecular flexibility index (Phi) is 5.21. The van der Waals surface area contributed by atoms with E-state index in [9.17, 15) is 9.59 Å². The number of nitrogens with zero attached hydrogens (tertiary/aromatic N) is 2. The number of rotatable bonds is 4. The highest BCUT2D eigenvalue weighted by Gasteiger charge is 2.35. The van der Waals surface area contributed by atoms with E-state index in [-0.39, 0.29) is 35.9 Å². The van der Waals surface area contributed by atoms with Crippen molar-refractivity contribution in [2.75, 3.05) is 6.54 Å². The van der Waals surface area contributed by atoms with Crippen LogP contribution in [0.25, 0.3) is 0 Å². The molecule has 4 rings (SSSR count). The van der Waals surface area contributed by atoms with Gasteiger partial charge >= 0.3 is 0 Å². The van der Waals surface area contributed by atoms with Gasteiger partial charge in [-0.05, 0) is 58.3 Å². The molecule has 2 amide bonds. The van der Waals surface area contributed by atoms with Crippen LogP contribution in [0.4, 0.5) is 0 Å². The van der Waals surface area contributed by atoms with Crippen LogP contribution < -0.4 is 11.1 Å². The normalized spacial score (nSPS) is 31.6. The van der Waals surface area contributed by atoms with E-state index in [0.29, 0.717) is 18.2 Å². The molecular weight excluding hydrogens is 344 g/mol. The van der Waals surface area contributed by atoms with Gasteiger partial charge in [-0.2, -0.15) is 0 Å². The largest absolute Gasteiger partial charge is 0.360 e. The van der Waals surface area contributed by atoms with Crippen molar-refractivity contribution < 1.29 is 14.1 Å². The molecule has 7 nitrogen and oxygen atoms in total. The number of aromatic nitrogens is 1. The number of carbonyl (C=O) groups is 2. The lowest BCUT2D eigenvalue weighted by Crippen LogP contribution is -2.52. The summed E-state index contributed by atoms with van der Waals surface area (Å²) in [5, 5.41) is 6.98. The van der Waals surface area contributed by atoms with Gasteiger partial charge in [0, 0.05) is 42.6 Å². The molecule has 2 saturated carbocycles. The van der Waals surface area contributed by atoms with Gasteiger partial charge in [0.1, 0.15) is 5.76 Å². The minimum absolute atomic E-state index is 0.0670. The molecule has 3 fully saturated rings. The number of hydrogen-bond donors (Lipinski definition) is 2. The molecule has 7 heteroatoms. The molecule has 0 bridgehead atoms. The zero-order valence-electron chi connectivity index (χ0n) is 16.0. The van der Waals surface area contributed by atoms with E-state index >= 15 is 0 Å². The van der Waals surface area contributed by atoms with E-state index in [1.165, 1.54) is 0 Å². The first-order valence-corrected chi connectivity index (χ1v) is 10.3. The summed E-state index contributed by atoms with van der Waals surface area (Å²) in [6.07, 6.45) is 7.48. The SMILES string of the molecule is C[C@H]1C[C@H](NC(=O)c2cc(C3CC3)on2)CCN1C(=O)[C@H]1CC[C@H](N)CC1. The molecule has 1 aromatic rings. The van der Waals surface area contributed by atoms with Gasteiger partial charge in [0.2, 0.25) is 5.91 Å². The van der Waals surface area contributed by atoms with Crippen LogP contribution in [0.3, 0.4) is 0 Å². The zero-order chi connectivity index (χ0) is 19.0. The molecule has 2 aliphatic carbocycles. The Morgan fingerprint density at radius 1 is 1.19 bits per heavy atom. The quantitative estimate of drug-likeness (QED) is 0.841. The molecule has 1 aliphatic heterocycles. The summed E-state index contributed by atoms with van der Waals surface area (Å²) in [5.74, 6) is 1.48. The van der Waals surface area contributed by atoms with Gasteiger partial charge < -0.3 is 20.5 Å². The molecule has 1 aromatic heterocycles. The van der Waals surface area contributed by atoms with Gasteiger partial charge in [-0.25, -0.2) is 0 Å². The smallest absolute Gasteiger partial charge is 0.273 e. The van der Waals surface area contributed by atoms with Gasteiger partial charge in [0.25, 0.3) is 5.91 Å². The fourth-order valence-corrected chi connectivity index (χ4v) is 4.45. The van der Waals surface area contributed by atoms with Crippen LogP contribution in [-0.2, 0) is 4.79 Å². The van der Waals surface area contributed by atoms with Crippen molar-refractivity contribution in [1.82, 2.24) is 15.4 Å². The second-order valence-corrected chi connectivity index (χ2v) is 8.58. The first-order chi connectivity index (χ1) is 13.0. The topological polar surface area (TPSA) is 101 Å². The summed E-state index contributed by atoms with van der Waals surface area (Å²) < 4.78 is 5.27. The molecule has 3 aliphatic rings. The fourth-order valence-electron chi connectivity index (χ4n) is 4.45. The molecule has 3 N–H and O–H groups in total. The molecule has 0 aromatic carbocycles. The average Bonchev–Trinajstić information content (AvgIpc) is 3.38. The van der Waals surface area contributed by atoms with Crippen LogP contribution in [0.15, 0.2) is 10.6 Å². The Hall–Kier alpha value is -1.89. The van der Waals surface area contributed by atoms with E-state index < -0.39 is 0 Å². The monoisotopic (exact) mass is 374 g/mol. The fraction of sp³-hybridized carbons (Fsp3) is 0.750. The average molecular weight is 374 g/mol. The highest BCUT2D eigenvalue weighted by molar-refractivity contribution is 5.92. The van der Waals surface area contributed by atoms with E-state index in [1.54, 1.807) is 6.07 Å². The molecule has 148 valence electrons. The van der Waals surface area contributed by atoms with E-state index in [2.05, 4.69) is 17.4 Å². The summed E-state index contributed by atoms with van der Waals surface area (Å²) in [6.45, 7) is 2.77. The summed E-state index contributed by atoms with van der Waals surface area (Å²) in [4.78, 5) is 27.3. The molecule has 27 heavy (non-hydrogen) atoms. The van der Waals surface area contributed by atoms with Crippen LogP contribution in [-0.4, -0.2) is 46.5 Å². The Balaban J connectivity index is 1.28. The van der Waals surface area contributed by atoms with E-state index in [1.807, 2.05) is 4.90 Å². The molecule has 2 atom stereocenters. The number of carbonyl (C=O) groups excluding carboxylic acids is 2. The van der Waals surface area contributed by atoms with Crippen molar-refractivity contribution in [2.45, 2.75) is 82.3 Å². The van der Waals surface area contributed by atoms with Crippen molar-refractivity contribution in [3.05, 3.63) is 17.5 Å². The van der Waals surface area contributed by atoms with Gasteiger partial charge in [-0.3, -0.25) is 9.59 Å². The van der Waals surface area contributed by atoms with Crippen molar-refractivity contribution in [3.8, 4) is 0 Å². The van der Waals surface area contributed by atoms with Crippen LogP contribution in [0.2, 0.25) is 0 Å². The maximum absolute atomic E-state index is 12.9. The maximum atomic E-state index is 12.9. The second-order valence-electron chi connectivity index (χ2n) is 8.58. The predicted molar refractivity (Wildman–Crippen MR) is 100 cm³/mol. The Morgan fingerprint density at radius 2 is 1.93 bits per heavy atom. The second kappa shape index (κ2) is 7.62. The highest BCUT2D eigenvalue weighted by atomic mass is 16.5. The minimum atomic E-state index is -0.177. The van der Waals surface area contributed by atoms with Crippen molar-refractivity contribution in [2.24, 2.45) is 11.7 Å². The van der Waals surface area contributed by atoms with Gasteiger partial charge in [-0.1, -0.05) is 5.16 Å². The Labute approximate surface area is 160 Å². The Bertz CT molecular complexity index is 691. The number of amides is 2. The first-order valence-electron chi connectivity index (χ1n) is 10.3. The number of likely N-dealkylation sites (tertiary alicyclic amines) is 1. The van der Waals surface area contributed by atoms with Gasteiger partial charge in [0.15, 0.2) is 5.69 Å². The first kappa shape index (κ1) is 18.5. The molecule has 0 spiro atoms. The summed E-state index contributed by atoms with van der Waals surface area (Å²) in [7, 11) is 0. The van der Waals surface area contributed by atoms with E-state index in [0.717, 1.165) is 57.1 Å². The third-order valence-corrected chi connectivity index (χ3v) is 6.36. The van der Waals surface area contributed by atoms with Crippen LogP contribution >= 0.6 is 0 Å². The van der Waals surface area contributed by atoms with Crippen molar-refractivity contribution in [3.63, 3.8) is 0 Å². The van der Waals surface area contributed by atoms with Crippen molar-refractivity contribution in [1.29, 1.82) is 0 Å². The van der Waals surface area contributed by atoms with Crippen LogP contribution in [0.5, 0.6) is 0 Å². The lowest BCUT2D eigenvalue weighted by atomic mass is 9.84. The predicted octanol–water partition coefficient (Wildman–Crippen LogP) is 2.18. The van der Waals surface area contributed by atoms with Crippen LogP contribution in [0, 0.1) is 5.92 Å². The summed E-state index contributed by atoms with van der Waals surface area (Å²) in [6, 6.07) is 2.22. The zero-order valence-corrected chi connectivity index (χ0v) is 16.0. The number of nitrogens with one attached hydrogen (secondary N) is 1. The summed E-state index contributed by atoms with van der Waals surface area (Å²) >= 11 is 0. The third-order valence-electron chi connectivity index (χ3n) is 6.36. The number of piperidine rings is 1. The molecule has 0 unspecified atom stereocenters.